The fraction of sp³-hybridized carbons (Fsp3) is 0.238. The number of aryl methyl sites for hydroxylation is 1. The average molecular weight is 434 g/mol. The Morgan fingerprint density at radius 1 is 0.935 bits per heavy atom. The molecule has 31 heavy (non-hydrogen) atoms. The standard InChI is InChI=1S/C21H21F3N4O3/c1-3-14-7-9-16(10-8-14)26-19(30)20(31)28-27-13(2)11-18(29)25-17-6-4-5-15(12-17)21(22,23)24/h4-10,12H,3,11H2,1-2H3,(H,25,29)(H,26,30)(H,28,31)/b27-13-. The molecule has 0 saturated carbocycles. The number of benzene rings is 2. The molecular formula is C21H21F3N4O3. The van der Waals surface area contributed by atoms with Crippen molar-refractivity contribution < 1.29 is 27.6 Å². The SMILES string of the molecule is CCc1ccc(NC(=O)C(=O)N/N=C(/C)CC(=O)Nc2cccc(C(F)(F)F)c2)cc1. The van der Waals surface area contributed by atoms with Crippen LogP contribution in [0.3, 0.4) is 0 Å². The van der Waals surface area contributed by atoms with Crippen molar-refractivity contribution in [2.24, 2.45) is 5.10 Å². The molecule has 0 aliphatic rings. The zero-order valence-corrected chi connectivity index (χ0v) is 16.8. The molecule has 2 rings (SSSR count). The first-order valence-electron chi connectivity index (χ1n) is 9.29. The van der Waals surface area contributed by atoms with Crippen molar-refractivity contribution in [2.45, 2.75) is 32.9 Å². The van der Waals surface area contributed by atoms with E-state index in [4.69, 9.17) is 0 Å². The van der Waals surface area contributed by atoms with Crippen LogP contribution in [0.25, 0.3) is 0 Å². The van der Waals surface area contributed by atoms with E-state index >= 15 is 0 Å². The fourth-order valence-electron chi connectivity index (χ4n) is 2.46. The smallest absolute Gasteiger partial charge is 0.326 e. The van der Waals surface area contributed by atoms with Crippen molar-refractivity contribution >= 4 is 34.8 Å². The largest absolute Gasteiger partial charge is 0.416 e. The molecule has 0 aromatic heterocycles. The lowest BCUT2D eigenvalue weighted by Crippen LogP contribution is -2.33. The van der Waals surface area contributed by atoms with Gasteiger partial charge in [-0.3, -0.25) is 14.4 Å². The first kappa shape index (κ1) is 23.6. The number of halogens is 3. The van der Waals surface area contributed by atoms with Gasteiger partial charge in [-0.05, 0) is 49.2 Å². The summed E-state index contributed by atoms with van der Waals surface area (Å²) in [7, 11) is 0. The predicted octanol–water partition coefficient (Wildman–Crippen LogP) is 3.73. The van der Waals surface area contributed by atoms with Gasteiger partial charge in [0, 0.05) is 17.1 Å². The molecule has 0 bridgehead atoms. The molecule has 0 fully saturated rings. The maximum Gasteiger partial charge on any atom is 0.416 e. The molecule has 0 atom stereocenters. The van der Waals surface area contributed by atoms with E-state index in [1.54, 1.807) is 12.1 Å². The average Bonchev–Trinajstić information content (AvgIpc) is 2.72. The minimum atomic E-state index is -4.53. The van der Waals surface area contributed by atoms with Crippen LogP contribution in [0.4, 0.5) is 24.5 Å². The molecule has 0 spiro atoms. The Kier molecular flexibility index (Phi) is 7.89. The van der Waals surface area contributed by atoms with E-state index in [2.05, 4.69) is 15.7 Å². The molecule has 10 heteroatoms. The summed E-state index contributed by atoms with van der Waals surface area (Å²) in [4.78, 5) is 35.7. The van der Waals surface area contributed by atoms with Gasteiger partial charge in [0.05, 0.1) is 12.0 Å². The topological polar surface area (TPSA) is 99.7 Å². The highest BCUT2D eigenvalue weighted by atomic mass is 19.4. The first-order valence-corrected chi connectivity index (χ1v) is 9.29. The third-order valence-corrected chi connectivity index (χ3v) is 4.06. The van der Waals surface area contributed by atoms with Gasteiger partial charge >= 0.3 is 18.0 Å². The highest BCUT2D eigenvalue weighted by Gasteiger charge is 2.30. The normalized spacial score (nSPS) is 11.6. The molecule has 3 N–H and O–H groups in total. The lowest BCUT2D eigenvalue weighted by molar-refractivity contribution is -0.137. The van der Waals surface area contributed by atoms with Gasteiger partial charge in [0.2, 0.25) is 5.91 Å². The van der Waals surface area contributed by atoms with Gasteiger partial charge < -0.3 is 10.6 Å². The molecule has 0 radical (unpaired) electrons. The number of hydrazone groups is 1. The van der Waals surface area contributed by atoms with Crippen LogP contribution >= 0.6 is 0 Å². The van der Waals surface area contributed by atoms with Gasteiger partial charge in [-0.2, -0.15) is 18.3 Å². The Morgan fingerprint density at radius 2 is 1.61 bits per heavy atom. The number of rotatable bonds is 6. The molecule has 2 aromatic carbocycles. The molecule has 2 aromatic rings. The van der Waals surface area contributed by atoms with Gasteiger partial charge in [-0.25, -0.2) is 5.43 Å². The van der Waals surface area contributed by atoms with E-state index in [9.17, 15) is 27.6 Å². The number of hydrogen-bond donors (Lipinski definition) is 3. The summed E-state index contributed by atoms with van der Waals surface area (Å²) in [5.74, 6) is -2.60. The summed E-state index contributed by atoms with van der Waals surface area (Å²) in [6, 6.07) is 11.2. The number of amides is 3. The van der Waals surface area contributed by atoms with Crippen molar-refractivity contribution in [2.75, 3.05) is 10.6 Å². The van der Waals surface area contributed by atoms with Crippen molar-refractivity contribution in [3.63, 3.8) is 0 Å². The van der Waals surface area contributed by atoms with Crippen LogP contribution in [0.5, 0.6) is 0 Å². The fourth-order valence-corrected chi connectivity index (χ4v) is 2.46. The molecule has 0 aliphatic carbocycles. The second kappa shape index (κ2) is 10.4. The second-order valence-corrected chi connectivity index (χ2v) is 6.60. The number of alkyl halides is 3. The Hall–Kier alpha value is -3.69. The van der Waals surface area contributed by atoms with Crippen molar-refractivity contribution in [1.29, 1.82) is 0 Å². The molecule has 164 valence electrons. The van der Waals surface area contributed by atoms with Gasteiger partial charge in [0.1, 0.15) is 0 Å². The Balaban J connectivity index is 1.86. The zero-order valence-electron chi connectivity index (χ0n) is 16.8. The van der Waals surface area contributed by atoms with Crippen molar-refractivity contribution in [3.8, 4) is 0 Å². The molecule has 0 saturated heterocycles. The van der Waals surface area contributed by atoms with Crippen LogP contribution in [-0.4, -0.2) is 23.4 Å². The maximum atomic E-state index is 12.7. The van der Waals surface area contributed by atoms with Crippen LogP contribution in [0, 0.1) is 0 Å². The Bertz CT molecular complexity index is 986. The van der Waals surface area contributed by atoms with Gasteiger partial charge in [-0.15, -0.1) is 0 Å². The zero-order chi connectivity index (χ0) is 23.0. The van der Waals surface area contributed by atoms with E-state index in [1.807, 2.05) is 24.5 Å². The van der Waals surface area contributed by atoms with Gasteiger partial charge in [0.15, 0.2) is 0 Å². The molecule has 7 nitrogen and oxygen atoms in total. The predicted molar refractivity (Wildman–Crippen MR) is 110 cm³/mol. The third kappa shape index (κ3) is 7.57. The third-order valence-electron chi connectivity index (χ3n) is 4.06. The van der Waals surface area contributed by atoms with E-state index in [1.165, 1.54) is 19.1 Å². The summed E-state index contributed by atoms with van der Waals surface area (Å²) in [6.45, 7) is 3.41. The van der Waals surface area contributed by atoms with E-state index in [-0.39, 0.29) is 17.8 Å². The number of hydrogen-bond acceptors (Lipinski definition) is 4. The molecule has 0 heterocycles. The van der Waals surface area contributed by atoms with Crippen LogP contribution in [0.15, 0.2) is 53.6 Å². The summed E-state index contributed by atoms with van der Waals surface area (Å²) in [5, 5.41) is 8.41. The number of nitrogens with one attached hydrogen (secondary N) is 3. The number of carbonyl (C=O) groups excluding carboxylic acids is 3. The highest BCUT2D eigenvalue weighted by Crippen LogP contribution is 2.30. The monoisotopic (exact) mass is 434 g/mol. The summed E-state index contributed by atoms with van der Waals surface area (Å²) in [6.07, 6.45) is -3.98. The Morgan fingerprint density at radius 3 is 2.23 bits per heavy atom. The minimum absolute atomic E-state index is 0.0230. The van der Waals surface area contributed by atoms with Gasteiger partial charge in [0.25, 0.3) is 0 Å². The van der Waals surface area contributed by atoms with Crippen LogP contribution in [0.2, 0.25) is 0 Å². The number of anilines is 2. The van der Waals surface area contributed by atoms with Gasteiger partial charge in [-0.1, -0.05) is 25.1 Å². The molecule has 0 aliphatic heterocycles. The quantitative estimate of drug-likeness (QED) is 0.367. The summed E-state index contributed by atoms with van der Waals surface area (Å²) >= 11 is 0. The van der Waals surface area contributed by atoms with E-state index in [0.29, 0.717) is 5.69 Å². The van der Waals surface area contributed by atoms with Crippen molar-refractivity contribution in [3.05, 3.63) is 59.7 Å². The maximum absolute atomic E-state index is 12.7. The number of carbonyl (C=O) groups is 3. The highest BCUT2D eigenvalue weighted by molar-refractivity contribution is 6.39. The summed E-state index contributed by atoms with van der Waals surface area (Å²) in [5.41, 5.74) is 2.79. The molecule has 0 unspecified atom stereocenters. The Labute approximate surface area is 176 Å². The lowest BCUT2D eigenvalue weighted by Gasteiger charge is -2.10. The van der Waals surface area contributed by atoms with Crippen LogP contribution in [-0.2, 0) is 27.0 Å². The van der Waals surface area contributed by atoms with Crippen LogP contribution < -0.4 is 16.1 Å². The van der Waals surface area contributed by atoms with E-state index < -0.39 is 29.5 Å². The summed E-state index contributed by atoms with van der Waals surface area (Å²) < 4.78 is 38.2. The first-order chi connectivity index (χ1) is 14.6. The lowest BCUT2D eigenvalue weighted by atomic mass is 10.1. The van der Waals surface area contributed by atoms with E-state index in [0.717, 1.165) is 24.1 Å². The molecular weight excluding hydrogens is 413 g/mol. The van der Waals surface area contributed by atoms with Crippen LogP contribution in [0.1, 0.15) is 31.4 Å². The number of nitrogens with zero attached hydrogens (tertiary/aromatic N) is 1. The second-order valence-electron chi connectivity index (χ2n) is 6.60. The van der Waals surface area contributed by atoms with Crippen molar-refractivity contribution in [1.82, 2.24) is 5.43 Å². The minimum Gasteiger partial charge on any atom is -0.326 e. The molecule has 3 amide bonds.